The highest BCUT2D eigenvalue weighted by Gasteiger charge is 2.33. The van der Waals surface area contributed by atoms with E-state index >= 15 is 0 Å². The van der Waals surface area contributed by atoms with E-state index in [0.717, 1.165) is 23.3 Å². The summed E-state index contributed by atoms with van der Waals surface area (Å²) < 4.78 is 38.7. The molecule has 1 aliphatic heterocycles. The van der Waals surface area contributed by atoms with Crippen LogP contribution in [0.4, 0.5) is 13.2 Å². The quantitative estimate of drug-likeness (QED) is 0.764. The maximum Gasteiger partial charge on any atom is 0.416 e. The molecule has 2 aromatic carbocycles. The molecule has 2 aromatic rings. The molecule has 1 fully saturated rings. The van der Waals surface area contributed by atoms with Gasteiger partial charge in [0.25, 0.3) is 0 Å². The molecule has 3 rings (SSSR count). The number of carboxylic acids is 1. The average molecular weight is 402 g/mol. The van der Waals surface area contributed by atoms with Gasteiger partial charge in [0, 0.05) is 19.0 Å². The van der Waals surface area contributed by atoms with Gasteiger partial charge in [-0.25, -0.2) is 0 Å². The lowest BCUT2D eigenvalue weighted by Gasteiger charge is -2.40. The van der Waals surface area contributed by atoms with Crippen LogP contribution in [0, 0.1) is 17.2 Å². The monoisotopic (exact) mass is 402 g/mol. The molecule has 0 radical (unpaired) electrons. The molecule has 2 unspecified atom stereocenters. The maximum atomic E-state index is 12.9. The summed E-state index contributed by atoms with van der Waals surface area (Å²) >= 11 is 0. The van der Waals surface area contributed by atoms with Crippen LogP contribution in [0.15, 0.2) is 48.5 Å². The Morgan fingerprint density at radius 2 is 1.86 bits per heavy atom. The van der Waals surface area contributed by atoms with Gasteiger partial charge in [-0.1, -0.05) is 30.3 Å². The number of hydrogen-bond donors (Lipinski definition) is 1. The van der Waals surface area contributed by atoms with Crippen molar-refractivity contribution in [3.05, 3.63) is 70.8 Å². The molecular weight excluding hydrogens is 381 g/mol. The number of hydrogen-bond acceptors (Lipinski definition) is 3. The fraction of sp³-hybridized carbons (Fsp3) is 0.364. The summed E-state index contributed by atoms with van der Waals surface area (Å²) in [6.45, 7) is 1.10. The van der Waals surface area contributed by atoms with Gasteiger partial charge in [-0.2, -0.15) is 18.4 Å². The van der Waals surface area contributed by atoms with E-state index in [0.29, 0.717) is 31.5 Å². The Labute approximate surface area is 167 Å². The molecule has 0 spiro atoms. The minimum absolute atomic E-state index is 0.0396. The van der Waals surface area contributed by atoms with Crippen molar-refractivity contribution < 1.29 is 23.1 Å². The van der Waals surface area contributed by atoms with Gasteiger partial charge in [-0.05, 0) is 54.6 Å². The van der Waals surface area contributed by atoms with E-state index in [1.54, 1.807) is 12.1 Å². The molecule has 0 saturated carbocycles. The second-order valence-electron chi connectivity index (χ2n) is 7.36. The summed E-state index contributed by atoms with van der Waals surface area (Å²) in [5, 5.41) is 18.5. The highest BCUT2D eigenvalue weighted by molar-refractivity contribution is 5.67. The Bertz CT molecular complexity index is 904. The Morgan fingerprint density at radius 1 is 1.17 bits per heavy atom. The molecule has 0 amide bonds. The summed E-state index contributed by atoms with van der Waals surface area (Å²) in [6.07, 6.45) is -3.12. The van der Waals surface area contributed by atoms with E-state index in [4.69, 9.17) is 5.11 Å². The molecule has 4 nitrogen and oxygen atoms in total. The third kappa shape index (κ3) is 5.15. The highest BCUT2D eigenvalue weighted by atomic mass is 19.4. The summed E-state index contributed by atoms with van der Waals surface area (Å²) in [5.41, 5.74) is 1.43. The second-order valence-corrected chi connectivity index (χ2v) is 7.36. The number of benzene rings is 2. The summed E-state index contributed by atoms with van der Waals surface area (Å²) in [6, 6.07) is 14.3. The number of aliphatic carboxylic acids is 1. The summed E-state index contributed by atoms with van der Waals surface area (Å²) in [7, 11) is 0. The van der Waals surface area contributed by atoms with Crippen molar-refractivity contribution >= 4 is 5.97 Å². The van der Waals surface area contributed by atoms with Gasteiger partial charge in [0.1, 0.15) is 0 Å². The molecule has 0 bridgehead atoms. The number of alkyl halides is 3. The smallest absolute Gasteiger partial charge is 0.416 e. The van der Waals surface area contributed by atoms with Gasteiger partial charge in [0.2, 0.25) is 0 Å². The van der Waals surface area contributed by atoms with Gasteiger partial charge < -0.3 is 5.11 Å². The molecule has 1 heterocycles. The zero-order valence-corrected chi connectivity index (χ0v) is 15.7. The SMILES string of the molecule is N#Cc1ccccc1CN1CCC(CC(=O)O)CC1c1ccc(C(F)(F)F)cc1. The van der Waals surface area contributed by atoms with Crippen molar-refractivity contribution in [3.8, 4) is 6.07 Å². The van der Waals surface area contributed by atoms with Crippen LogP contribution in [0.3, 0.4) is 0 Å². The lowest BCUT2D eigenvalue weighted by molar-refractivity contribution is -0.139. The lowest BCUT2D eigenvalue weighted by Crippen LogP contribution is -2.37. The van der Waals surface area contributed by atoms with Gasteiger partial charge in [-0.15, -0.1) is 0 Å². The Hall–Kier alpha value is -2.85. The zero-order chi connectivity index (χ0) is 21.0. The molecule has 152 valence electrons. The molecule has 1 saturated heterocycles. The number of rotatable bonds is 5. The van der Waals surface area contributed by atoms with Crippen LogP contribution >= 0.6 is 0 Å². The fourth-order valence-electron chi connectivity index (χ4n) is 3.94. The number of nitrogens with zero attached hydrogens (tertiary/aromatic N) is 2. The van der Waals surface area contributed by atoms with Crippen LogP contribution in [0.25, 0.3) is 0 Å². The predicted octanol–water partition coefficient (Wildman–Crippen LogP) is 5.01. The lowest BCUT2D eigenvalue weighted by atomic mass is 9.84. The van der Waals surface area contributed by atoms with Crippen molar-refractivity contribution in [1.29, 1.82) is 5.26 Å². The number of halogens is 3. The van der Waals surface area contributed by atoms with Gasteiger partial charge in [0.15, 0.2) is 0 Å². The molecule has 1 N–H and O–H groups in total. The Balaban J connectivity index is 1.88. The average Bonchev–Trinajstić information content (AvgIpc) is 2.68. The minimum atomic E-state index is -4.40. The van der Waals surface area contributed by atoms with Crippen molar-refractivity contribution in [2.75, 3.05) is 6.54 Å². The molecule has 0 aliphatic carbocycles. The number of carbonyl (C=O) groups is 1. The molecule has 1 aliphatic rings. The van der Waals surface area contributed by atoms with Crippen molar-refractivity contribution in [2.24, 2.45) is 5.92 Å². The van der Waals surface area contributed by atoms with Crippen molar-refractivity contribution in [3.63, 3.8) is 0 Å². The van der Waals surface area contributed by atoms with E-state index in [2.05, 4.69) is 11.0 Å². The maximum absolute atomic E-state index is 12.9. The first-order valence-corrected chi connectivity index (χ1v) is 9.39. The van der Waals surface area contributed by atoms with Crippen molar-refractivity contribution in [1.82, 2.24) is 4.90 Å². The zero-order valence-electron chi connectivity index (χ0n) is 15.7. The summed E-state index contributed by atoms with van der Waals surface area (Å²) in [5.74, 6) is -0.910. The molecule has 29 heavy (non-hydrogen) atoms. The third-order valence-electron chi connectivity index (χ3n) is 5.42. The van der Waals surface area contributed by atoms with Crippen LogP contribution in [0.5, 0.6) is 0 Å². The van der Waals surface area contributed by atoms with Crippen LogP contribution in [-0.2, 0) is 17.5 Å². The van der Waals surface area contributed by atoms with E-state index in [9.17, 15) is 23.2 Å². The van der Waals surface area contributed by atoms with Crippen LogP contribution in [0.1, 0.15) is 47.6 Å². The van der Waals surface area contributed by atoms with E-state index in [1.165, 1.54) is 12.1 Å². The Kier molecular flexibility index (Phi) is 6.23. The number of nitriles is 1. The topological polar surface area (TPSA) is 64.3 Å². The van der Waals surface area contributed by atoms with Gasteiger partial charge in [0.05, 0.1) is 17.2 Å². The van der Waals surface area contributed by atoms with Gasteiger partial charge in [-0.3, -0.25) is 9.69 Å². The largest absolute Gasteiger partial charge is 0.481 e. The van der Waals surface area contributed by atoms with Crippen molar-refractivity contribution in [2.45, 2.75) is 38.0 Å². The van der Waals surface area contributed by atoms with Crippen LogP contribution in [-0.4, -0.2) is 22.5 Å². The third-order valence-corrected chi connectivity index (χ3v) is 5.42. The van der Waals surface area contributed by atoms with Gasteiger partial charge >= 0.3 is 12.1 Å². The highest BCUT2D eigenvalue weighted by Crippen LogP contribution is 2.38. The fourth-order valence-corrected chi connectivity index (χ4v) is 3.94. The molecule has 2 atom stereocenters. The number of likely N-dealkylation sites (tertiary alicyclic amines) is 1. The Morgan fingerprint density at radius 3 is 2.48 bits per heavy atom. The first-order chi connectivity index (χ1) is 13.8. The van der Waals surface area contributed by atoms with E-state index in [1.807, 2.05) is 12.1 Å². The predicted molar refractivity (Wildman–Crippen MR) is 101 cm³/mol. The van der Waals surface area contributed by atoms with Crippen LogP contribution in [0.2, 0.25) is 0 Å². The second kappa shape index (κ2) is 8.66. The summed E-state index contributed by atoms with van der Waals surface area (Å²) in [4.78, 5) is 13.3. The molecular formula is C22H21F3N2O2. The first kappa shape index (κ1) is 20.9. The molecule has 0 aromatic heterocycles. The number of carboxylic acid groups (broad SMARTS) is 1. The normalized spacial score (nSPS) is 20.2. The number of piperidine rings is 1. The first-order valence-electron chi connectivity index (χ1n) is 9.39. The van der Waals surface area contributed by atoms with Crippen LogP contribution < -0.4 is 0 Å². The minimum Gasteiger partial charge on any atom is -0.481 e. The standard InChI is InChI=1S/C22H21F3N2O2/c23-22(24,25)19-7-5-16(6-8-19)20-11-15(12-21(28)29)9-10-27(20)14-18-4-2-1-3-17(18)13-26/h1-8,15,20H,9-12,14H2,(H,28,29). The molecule has 7 heteroatoms. The van der Waals surface area contributed by atoms with E-state index < -0.39 is 17.7 Å². The van der Waals surface area contributed by atoms with E-state index in [-0.39, 0.29) is 18.4 Å².